The highest BCUT2D eigenvalue weighted by atomic mass is 15.2. The van der Waals surface area contributed by atoms with Crippen LogP contribution in [0.3, 0.4) is 0 Å². The van der Waals surface area contributed by atoms with Crippen molar-refractivity contribution in [3.8, 4) is 0 Å². The molecule has 5 aromatic rings. The third kappa shape index (κ3) is 7.08. The first kappa shape index (κ1) is 31.9. The second-order valence-corrected chi connectivity index (χ2v) is 13.5. The average Bonchev–Trinajstić information content (AvgIpc) is 3.51. The Hall–Kier alpha value is -3.48. The number of hydrogen-bond acceptors (Lipinski definition) is 2. The van der Waals surface area contributed by atoms with E-state index >= 15 is 0 Å². The van der Waals surface area contributed by atoms with Gasteiger partial charge in [0.25, 0.3) is 0 Å². The van der Waals surface area contributed by atoms with Crippen LogP contribution in [0.15, 0.2) is 85.5 Å². The van der Waals surface area contributed by atoms with Gasteiger partial charge in [0.15, 0.2) is 22.1 Å². The zero-order valence-electron chi connectivity index (χ0n) is 28.3. The van der Waals surface area contributed by atoms with E-state index in [1.807, 2.05) is 0 Å². The first-order valence-electron chi connectivity index (χ1n) is 16.7. The van der Waals surface area contributed by atoms with Gasteiger partial charge in [0.2, 0.25) is 12.7 Å². The van der Waals surface area contributed by atoms with Crippen LogP contribution < -0.4 is 9.13 Å². The molecule has 0 unspecified atom stereocenters. The Balaban J connectivity index is 1.41. The minimum Gasteiger partial charge on any atom is -0.295 e. The van der Waals surface area contributed by atoms with E-state index in [1.54, 1.807) is 0 Å². The lowest BCUT2D eigenvalue weighted by Gasteiger charge is -2.29. The van der Waals surface area contributed by atoms with E-state index in [-0.39, 0.29) is 0 Å². The molecule has 2 heterocycles. The molecule has 0 aliphatic heterocycles. The average molecular weight is 595 g/mol. The highest BCUT2D eigenvalue weighted by molar-refractivity contribution is 5.72. The number of fused-ring (bicyclic) bond motifs is 2. The van der Waals surface area contributed by atoms with Gasteiger partial charge in [-0.15, -0.1) is 0 Å². The number of benzene rings is 3. The first-order valence-corrected chi connectivity index (χ1v) is 16.7. The van der Waals surface area contributed by atoms with Crippen molar-refractivity contribution in [1.82, 2.24) is 18.9 Å². The van der Waals surface area contributed by atoms with E-state index in [9.17, 15) is 0 Å². The van der Waals surface area contributed by atoms with Crippen molar-refractivity contribution in [2.45, 2.75) is 106 Å². The number of hydrogen-bond donors (Lipinski definition) is 0. The summed E-state index contributed by atoms with van der Waals surface area (Å²) in [4.78, 5) is 5.15. The lowest BCUT2D eigenvalue weighted by molar-refractivity contribution is -0.668. The van der Waals surface area contributed by atoms with Crippen LogP contribution in [0, 0.1) is 0 Å². The molecular weight excluding hydrogens is 540 g/mol. The fourth-order valence-corrected chi connectivity index (χ4v) is 7.00. The fourth-order valence-electron chi connectivity index (χ4n) is 7.00. The molecule has 2 aromatic heterocycles. The van der Waals surface area contributed by atoms with Crippen molar-refractivity contribution in [1.29, 1.82) is 0 Å². The number of rotatable bonds is 14. The van der Waals surface area contributed by atoms with Gasteiger partial charge in [-0.2, -0.15) is 0 Å². The minimum atomic E-state index is 0.531. The van der Waals surface area contributed by atoms with E-state index in [1.165, 1.54) is 33.2 Å². The molecule has 0 aliphatic rings. The van der Waals surface area contributed by atoms with Gasteiger partial charge in [-0.25, -0.2) is 18.3 Å². The van der Waals surface area contributed by atoms with Crippen molar-refractivity contribution < 1.29 is 9.13 Å². The summed E-state index contributed by atoms with van der Waals surface area (Å²) in [5, 5.41) is 0. The van der Waals surface area contributed by atoms with Crippen LogP contribution >= 0.6 is 0 Å². The van der Waals surface area contributed by atoms with Gasteiger partial charge in [0, 0.05) is 48.4 Å². The summed E-state index contributed by atoms with van der Waals surface area (Å²) in [7, 11) is 0. The lowest BCUT2D eigenvalue weighted by Crippen LogP contribution is -2.39. The van der Waals surface area contributed by atoms with Crippen LogP contribution in [0.5, 0.6) is 0 Å². The number of aromatic nitrogens is 4. The summed E-state index contributed by atoms with van der Waals surface area (Å²) in [5.41, 5.74) is 7.89. The predicted molar refractivity (Wildman–Crippen MR) is 183 cm³/mol. The van der Waals surface area contributed by atoms with Crippen LogP contribution in [-0.2, 0) is 26.2 Å². The van der Waals surface area contributed by atoms with Gasteiger partial charge in [0.1, 0.15) is 26.2 Å². The van der Waals surface area contributed by atoms with Crippen LogP contribution in [-0.4, -0.2) is 56.2 Å². The largest absolute Gasteiger partial charge is 0.295 e. The van der Waals surface area contributed by atoms with Crippen LogP contribution in [0.25, 0.3) is 22.1 Å². The molecule has 0 fully saturated rings. The monoisotopic (exact) mass is 594 g/mol. The van der Waals surface area contributed by atoms with E-state index in [2.05, 4.69) is 169 Å². The van der Waals surface area contributed by atoms with Crippen molar-refractivity contribution in [3.05, 3.63) is 96.6 Å². The van der Waals surface area contributed by atoms with Crippen molar-refractivity contribution in [2.75, 3.05) is 13.1 Å². The second-order valence-electron chi connectivity index (χ2n) is 13.5. The van der Waals surface area contributed by atoms with Gasteiger partial charge in [-0.1, -0.05) is 48.5 Å². The number of para-hydroxylation sites is 4. The highest BCUT2D eigenvalue weighted by Crippen LogP contribution is 2.17. The SMILES string of the molecule is CC(C)N(CCn1c[n+](Cc2ccccc2C[n+]2cn(CCN(C(C)C)C(C)C)c3ccccc32)c2ccccc21)C(C)C. The Morgan fingerprint density at radius 2 is 0.841 bits per heavy atom. The molecule has 0 spiro atoms. The molecule has 0 saturated heterocycles. The van der Waals surface area contributed by atoms with Crippen LogP contribution in [0.1, 0.15) is 66.5 Å². The van der Waals surface area contributed by atoms with E-state index in [4.69, 9.17) is 0 Å². The van der Waals surface area contributed by atoms with Crippen molar-refractivity contribution >= 4 is 22.1 Å². The molecule has 6 nitrogen and oxygen atoms in total. The lowest BCUT2D eigenvalue weighted by atomic mass is 10.1. The highest BCUT2D eigenvalue weighted by Gasteiger charge is 2.22. The molecule has 0 radical (unpaired) electrons. The van der Waals surface area contributed by atoms with Gasteiger partial charge in [-0.05, 0) is 79.7 Å². The molecule has 5 rings (SSSR count). The summed E-state index contributed by atoms with van der Waals surface area (Å²) in [6.45, 7) is 24.1. The van der Waals surface area contributed by atoms with Crippen LogP contribution in [0.4, 0.5) is 0 Å². The van der Waals surface area contributed by atoms with E-state index in [0.29, 0.717) is 24.2 Å². The Bertz CT molecular complexity index is 1520. The smallest absolute Gasteiger partial charge is 0.245 e. The molecule has 0 atom stereocenters. The van der Waals surface area contributed by atoms with Crippen LogP contribution in [0.2, 0.25) is 0 Å². The molecule has 0 aliphatic carbocycles. The third-order valence-electron chi connectivity index (χ3n) is 9.21. The fraction of sp³-hybridized carbons (Fsp3) is 0.474. The molecule has 0 amide bonds. The predicted octanol–water partition coefficient (Wildman–Crippen LogP) is 6.51. The molecule has 6 heteroatoms. The van der Waals surface area contributed by atoms with E-state index < -0.39 is 0 Å². The second kappa shape index (κ2) is 14.1. The van der Waals surface area contributed by atoms with E-state index in [0.717, 1.165) is 39.3 Å². The molecule has 234 valence electrons. The zero-order valence-corrected chi connectivity index (χ0v) is 28.3. The Kier molecular flexibility index (Phi) is 10.2. The quantitative estimate of drug-likeness (QED) is 0.137. The topological polar surface area (TPSA) is 24.1 Å². The molecule has 0 saturated carbocycles. The van der Waals surface area contributed by atoms with Gasteiger partial charge < -0.3 is 0 Å². The molecular formula is C38H54N6+2. The molecule has 44 heavy (non-hydrogen) atoms. The Morgan fingerprint density at radius 3 is 1.20 bits per heavy atom. The maximum absolute atomic E-state index is 2.57. The minimum absolute atomic E-state index is 0.531. The first-order chi connectivity index (χ1) is 21.1. The Labute approximate surface area is 265 Å². The molecule has 0 N–H and O–H groups in total. The standard InChI is InChI=1S/C38H54N6/c1-29(2)43(30(3)4)23-21-39-27-41(37-19-13-11-17-35(37)39)25-33-15-9-10-16-34(33)26-42-28-40(36-18-12-14-20-38(36)42)22-24-44(31(5)6)32(7)8/h9-20,27-32H,21-26H2,1-8H3/q+2. The van der Waals surface area contributed by atoms with Crippen molar-refractivity contribution in [2.24, 2.45) is 0 Å². The summed E-state index contributed by atoms with van der Waals surface area (Å²) in [6, 6.07) is 28.8. The number of nitrogens with zero attached hydrogens (tertiary/aromatic N) is 6. The third-order valence-corrected chi connectivity index (χ3v) is 9.21. The summed E-state index contributed by atoms with van der Waals surface area (Å²) >= 11 is 0. The van der Waals surface area contributed by atoms with Gasteiger partial charge in [0.05, 0.1) is 0 Å². The van der Waals surface area contributed by atoms with Gasteiger partial charge >= 0.3 is 0 Å². The normalized spacial score (nSPS) is 12.5. The zero-order chi connectivity index (χ0) is 31.4. The maximum Gasteiger partial charge on any atom is 0.245 e. The molecule has 3 aromatic carbocycles. The number of imidazole rings is 2. The molecule has 0 bridgehead atoms. The van der Waals surface area contributed by atoms with Crippen molar-refractivity contribution in [3.63, 3.8) is 0 Å². The summed E-state index contributed by atoms with van der Waals surface area (Å²) in [6.07, 6.45) is 4.66. The Morgan fingerprint density at radius 1 is 0.500 bits per heavy atom. The van der Waals surface area contributed by atoms with Gasteiger partial charge in [-0.3, -0.25) is 9.80 Å². The summed E-state index contributed by atoms with van der Waals surface area (Å²) in [5.74, 6) is 0. The maximum atomic E-state index is 2.57. The summed E-state index contributed by atoms with van der Waals surface area (Å²) < 4.78 is 9.75.